The predicted octanol–water partition coefficient (Wildman–Crippen LogP) is 2.57. The lowest BCUT2D eigenvalue weighted by Crippen LogP contribution is -2.20. The molecule has 0 aliphatic rings. The van der Waals surface area contributed by atoms with Crippen molar-refractivity contribution >= 4 is 5.91 Å². The van der Waals surface area contributed by atoms with Crippen LogP contribution in [0.1, 0.15) is 11.3 Å². The second-order valence-corrected chi connectivity index (χ2v) is 5.59. The molecule has 0 saturated heterocycles. The molecule has 132 valence electrons. The second kappa shape index (κ2) is 7.71. The van der Waals surface area contributed by atoms with E-state index < -0.39 is 0 Å². The van der Waals surface area contributed by atoms with Gasteiger partial charge in [0.1, 0.15) is 5.82 Å². The normalized spacial score (nSPS) is 10.5. The maximum absolute atomic E-state index is 13.2. The van der Waals surface area contributed by atoms with E-state index in [1.165, 1.54) is 18.2 Å². The number of aliphatic hydroxyl groups is 1. The fourth-order valence-electron chi connectivity index (χ4n) is 2.48. The number of hydrogen-bond acceptors (Lipinski definition) is 4. The van der Waals surface area contributed by atoms with Gasteiger partial charge in [-0.3, -0.25) is 14.9 Å². The molecule has 7 heteroatoms. The minimum atomic E-state index is -0.322. The molecule has 2 aromatic heterocycles. The Hall–Kier alpha value is -3.32. The Morgan fingerprint density at radius 1 is 1.27 bits per heavy atom. The Labute approximate surface area is 149 Å². The molecule has 0 aliphatic carbocycles. The highest BCUT2D eigenvalue weighted by molar-refractivity contribution is 5.87. The first kappa shape index (κ1) is 17.5. The van der Waals surface area contributed by atoms with Gasteiger partial charge in [0.05, 0.1) is 23.7 Å². The summed E-state index contributed by atoms with van der Waals surface area (Å²) in [5, 5.41) is 18.9. The molecule has 0 spiro atoms. The lowest BCUT2D eigenvalue weighted by atomic mass is 10.0. The van der Waals surface area contributed by atoms with E-state index in [9.17, 15) is 14.3 Å². The molecule has 0 atom stereocenters. The number of rotatable bonds is 6. The number of nitrogens with zero attached hydrogens (tertiary/aromatic N) is 2. The molecular weight excluding hydrogens is 335 g/mol. The number of hydrogen-bond donors (Lipinski definition) is 3. The van der Waals surface area contributed by atoms with E-state index in [-0.39, 0.29) is 24.9 Å². The molecule has 0 unspecified atom stereocenters. The van der Waals surface area contributed by atoms with Crippen LogP contribution in [0.4, 0.5) is 4.39 Å². The first-order chi connectivity index (χ1) is 12.6. The number of halogens is 1. The van der Waals surface area contributed by atoms with Crippen LogP contribution in [0.15, 0.2) is 55.3 Å². The minimum absolute atomic E-state index is 0.161. The predicted molar refractivity (Wildman–Crippen MR) is 95.2 cm³/mol. The van der Waals surface area contributed by atoms with Gasteiger partial charge in [-0.1, -0.05) is 6.58 Å². The third-order valence-electron chi connectivity index (χ3n) is 3.84. The minimum Gasteiger partial charge on any atom is -0.390 e. The third kappa shape index (κ3) is 3.84. The van der Waals surface area contributed by atoms with E-state index >= 15 is 0 Å². The fraction of sp³-hybridized carbons (Fsp3) is 0.105. The van der Waals surface area contributed by atoms with Crippen LogP contribution < -0.4 is 5.32 Å². The van der Waals surface area contributed by atoms with Gasteiger partial charge in [-0.05, 0) is 48.0 Å². The van der Waals surface area contributed by atoms with Crippen LogP contribution in [-0.2, 0) is 17.9 Å². The van der Waals surface area contributed by atoms with Crippen LogP contribution in [-0.4, -0.2) is 26.2 Å². The highest BCUT2D eigenvalue weighted by Crippen LogP contribution is 2.27. The summed E-state index contributed by atoms with van der Waals surface area (Å²) in [4.78, 5) is 15.9. The topological polar surface area (TPSA) is 90.9 Å². The molecule has 1 amide bonds. The molecule has 3 rings (SSSR count). The standard InChI is InChI=1S/C19H17FN4O2/c1-2-19(26)22-10-13-9-21-17(12-3-5-14(20)6-4-12)8-16(13)18-7-15(11-25)23-24-18/h2-9,25H,1,10-11H2,(H,22,26)(H,23,24). The molecule has 6 nitrogen and oxygen atoms in total. The molecule has 0 fully saturated rings. The van der Waals surface area contributed by atoms with Crippen LogP contribution in [0.25, 0.3) is 22.5 Å². The summed E-state index contributed by atoms with van der Waals surface area (Å²) in [6.07, 6.45) is 2.84. The molecule has 1 aromatic carbocycles. The lowest BCUT2D eigenvalue weighted by molar-refractivity contribution is -0.116. The Balaban J connectivity index is 2.02. The van der Waals surface area contributed by atoms with Crippen LogP contribution in [0.3, 0.4) is 0 Å². The van der Waals surface area contributed by atoms with Crippen molar-refractivity contribution in [3.8, 4) is 22.5 Å². The third-order valence-corrected chi connectivity index (χ3v) is 3.84. The quantitative estimate of drug-likeness (QED) is 0.595. The molecule has 0 radical (unpaired) electrons. The summed E-state index contributed by atoms with van der Waals surface area (Å²) < 4.78 is 13.2. The summed E-state index contributed by atoms with van der Waals surface area (Å²) in [5.41, 5.74) is 4.09. The zero-order valence-electron chi connectivity index (χ0n) is 13.9. The number of aliphatic hydroxyl groups excluding tert-OH is 1. The van der Waals surface area contributed by atoms with Crippen molar-refractivity contribution in [2.75, 3.05) is 0 Å². The van der Waals surface area contributed by atoms with Gasteiger partial charge in [0.2, 0.25) is 5.91 Å². The summed E-state index contributed by atoms with van der Waals surface area (Å²) >= 11 is 0. The van der Waals surface area contributed by atoms with Gasteiger partial charge in [-0.15, -0.1) is 0 Å². The maximum Gasteiger partial charge on any atom is 0.243 e. The second-order valence-electron chi connectivity index (χ2n) is 5.59. The van der Waals surface area contributed by atoms with Crippen LogP contribution >= 0.6 is 0 Å². The number of aromatic amines is 1. The van der Waals surface area contributed by atoms with Crippen molar-refractivity contribution in [2.24, 2.45) is 0 Å². The van der Waals surface area contributed by atoms with Crippen LogP contribution in [0.2, 0.25) is 0 Å². The molecular formula is C19H17FN4O2. The number of nitrogens with one attached hydrogen (secondary N) is 2. The number of H-pyrrole nitrogens is 1. The average molecular weight is 352 g/mol. The van der Waals surface area contributed by atoms with Crippen molar-refractivity contribution in [1.82, 2.24) is 20.5 Å². The Morgan fingerprint density at radius 2 is 2.04 bits per heavy atom. The van der Waals surface area contributed by atoms with Crippen molar-refractivity contribution in [1.29, 1.82) is 0 Å². The molecule has 0 bridgehead atoms. The Bertz CT molecular complexity index is 935. The van der Waals surface area contributed by atoms with Gasteiger partial charge in [0, 0.05) is 23.9 Å². The maximum atomic E-state index is 13.2. The van der Waals surface area contributed by atoms with Crippen molar-refractivity contribution in [3.63, 3.8) is 0 Å². The van der Waals surface area contributed by atoms with Crippen molar-refractivity contribution < 1.29 is 14.3 Å². The van der Waals surface area contributed by atoms with Gasteiger partial charge < -0.3 is 10.4 Å². The fourth-order valence-corrected chi connectivity index (χ4v) is 2.48. The monoisotopic (exact) mass is 352 g/mol. The SMILES string of the molecule is C=CC(=O)NCc1cnc(-c2ccc(F)cc2)cc1-c1cc(CO)[nH]n1. The highest BCUT2D eigenvalue weighted by atomic mass is 19.1. The summed E-state index contributed by atoms with van der Waals surface area (Å²) in [6.45, 7) is 3.51. The number of carbonyl (C=O) groups excluding carboxylic acids is 1. The van der Waals surface area contributed by atoms with Crippen molar-refractivity contribution in [3.05, 3.63) is 72.3 Å². The van der Waals surface area contributed by atoms with E-state index in [4.69, 9.17) is 0 Å². The van der Waals surface area contributed by atoms with Gasteiger partial charge in [0.15, 0.2) is 0 Å². The Morgan fingerprint density at radius 3 is 2.69 bits per heavy atom. The van der Waals surface area contributed by atoms with E-state index in [0.717, 1.165) is 16.7 Å². The van der Waals surface area contributed by atoms with Gasteiger partial charge in [-0.2, -0.15) is 5.10 Å². The van der Waals surface area contributed by atoms with E-state index in [0.29, 0.717) is 17.1 Å². The zero-order chi connectivity index (χ0) is 18.5. The number of aromatic nitrogens is 3. The largest absolute Gasteiger partial charge is 0.390 e. The highest BCUT2D eigenvalue weighted by Gasteiger charge is 2.13. The van der Waals surface area contributed by atoms with Gasteiger partial charge >= 0.3 is 0 Å². The van der Waals surface area contributed by atoms with E-state index in [1.807, 2.05) is 6.07 Å². The summed E-state index contributed by atoms with van der Waals surface area (Å²) in [6, 6.07) is 9.57. The first-order valence-electron chi connectivity index (χ1n) is 7.91. The average Bonchev–Trinajstić information content (AvgIpc) is 3.15. The molecule has 3 aromatic rings. The number of amides is 1. The van der Waals surface area contributed by atoms with Gasteiger partial charge in [-0.25, -0.2) is 4.39 Å². The lowest BCUT2D eigenvalue weighted by Gasteiger charge is -2.10. The smallest absolute Gasteiger partial charge is 0.243 e. The van der Waals surface area contributed by atoms with Crippen LogP contribution in [0, 0.1) is 5.82 Å². The summed E-state index contributed by atoms with van der Waals surface area (Å²) in [5.74, 6) is -0.616. The van der Waals surface area contributed by atoms with Crippen LogP contribution in [0.5, 0.6) is 0 Å². The zero-order valence-corrected chi connectivity index (χ0v) is 13.9. The molecule has 0 saturated carbocycles. The summed E-state index contributed by atoms with van der Waals surface area (Å²) in [7, 11) is 0. The molecule has 3 N–H and O–H groups in total. The van der Waals surface area contributed by atoms with Gasteiger partial charge in [0.25, 0.3) is 0 Å². The molecule has 26 heavy (non-hydrogen) atoms. The Kier molecular flexibility index (Phi) is 5.19. The first-order valence-corrected chi connectivity index (χ1v) is 7.91. The number of pyridine rings is 1. The molecule has 2 heterocycles. The molecule has 0 aliphatic heterocycles. The van der Waals surface area contributed by atoms with Crippen molar-refractivity contribution in [2.45, 2.75) is 13.2 Å². The van der Waals surface area contributed by atoms with E-state index in [2.05, 4.69) is 27.1 Å². The van der Waals surface area contributed by atoms with E-state index in [1.54, 1.807) is 24.4 Å². The number of benzene rings is 1. The number of carbonyl (C=O) groups is 1.